The summed E-state index contributed by atoms with van der Waals surface area (Å²) in [5.41, 5.74) is 4.32. The SMILES string of the molecule is CC(=O)NCC1Cc2cc(C)cc(-c3ccccn3)c2O1. The van der Waals surface area contributed by atoms with E-state index >= 15 is 0 Å². The molecule has 0 spiro atoms. The molecule has 0 aliphatic carbocycles. The van der Waals surface area contributed by atoms with Gasteiger partial charge in [-0.15, -0.1) is 0 Å². The maximum Gasteiger partial charge on any atom is 0.217 e. The highest BCUT2D eigenvalue weighted by molar-refractivity contribution is 5.73. The molecule has 2 heterocycles. The van der Waals surface area contributed by atoms with Gasteiger partial charge in [0.15, 0.2) is 0 Å². The predicted molar refractivity (Wildman–Crippen MR) is 81.2 cm³/mol. The first kappa shape index (κ1) is 13.6. The Morgan fingerprint density at radius 1 is 1.43 bits per heavy atom. The fourth-order valence-electron chi connectivity index (χ4n) is 2.68. The molecule has 0 fully saturated rings. The lowest BCUT2D eigenvalue weighted by atomic mass is 10.0. The van der Waals surface area contributed by atoms with Gasteiger partial charge in [-0.25, -0.2) is 0 Å². The second kappa shape index (κ2) is 5.56. The van der Waals surface area contributed by atoms with Gasteiger partial charge in [-0.2, -0.15) is 0 Å². The fourth-order valence-corrected chi connectivity index (χ4v) is 2.68. The minimum atomic E-state index is -0.0318. The number of fused-ring (bicyclic) bond motifs is 1. The van der Waals surface area contributed by atoms with Crippen molar-refractivity contribution in [1.82, 2.24) is 10.3 Å². The molecule has 4 nitrogen and oxygen atoms in total. The molecule has 2 aromatic rings. The Bertz CT molecular complexity index is 668. The smallest absolute Gasteiger partial charge is 0.217 e. The molecular weight excluding hydrogens is 264 g/mol. The normalized spacial score (nSPS) is 16.2. The summed E-state index contributed by atoms with van der Waals surface area (Å²) in [5, 5.41) is 2.82. The lowest BCUT2D eigenvalue weighted by Crippen LogP contribution is -2.32. The van der Waals surface area contributed by atoms with Crippen molar-refractivity contribution in [2.45, 2.75) is 26.4 Å². The third kappa shape index (κ3) is 2.89. The van der Waals surface area contributed by atoms with Gasteiger partial charge in [0.2, 0.25) is 5.91 Å². The summed E-state index contributed by atoms with van der Waals surface area (Å²) in [6, 6.07) is 10.1. The zero-order valence-electron chi connectivity index (χ0n) is 12.2. The van der Waals surface area contributed by atoms with Gasteiger partial charge >= 0.3 is 0 Å². The first-order valence-electron chi connectivity index (χ1n) is 7.09. The van der Waals surface area contributed by atoms with E-state index in [0.717, 1.165) is 23.4 Å². The average molecular weight is 282 g/mol. The summed E-state index contributed by atoms with van der Waals surface area (Å²) in [4.78, 5) is 15.5. The Morgan fingerprint density at radius 2 is 2.29 bits per heavy atom. The van der Waals surface area contributed by atoms with Crippen LogP contribution in [0.3, 0.4) is 0 Å². The first-order valence-corrected chi connectivity index (χ1v) is 7.09. The Balaban J connectivity index is 1.91. The van der Waals surface area contributed by atoms with E-state index in [-0.39, 0.29) is 12.0 Å². The van der Waals surface area contributed by atoms with Gasteiger partial charge < -0.3 is 10.1 Å². The van der Waals surface area contributed by atoms with Crippen molar-refractivity contribution in [3.8, 4) is 17.0 Å². The summed E-state index contributed by atoms with van der Waals surface area (Å²) < 4.78 is 6.04. The van der Waals surface area contributed by atoms with Gasteiger partial charge in [-0.3, -0.25) is 9.78 Å². The van der Waals surface area contributed by atoms with Crippen LogP contribution in [0.15, 0.2) is 36.5 Å². The quantitative estimate of drug-likeness (QED) is 0.941. The van der Waals surface area contributed by atoms with Crippen LogP contribution >= 0.6 is 0 Å². The molecular formula is C17H18N2O2. The number of aromatic nitrogens is 1. The summed E-state index contributed by atoms with van der Waals surface area (Å²) >= 11 is 0. The van der Waals surface area contributed by atoms with Gasteiger partial charge in [0, 0.05) is 25.1 Å². The first-order chi connectivity index (χ1) is 10.1. The third-order valence-electron chi connectivity index (χ3n) is 3.56. The summed E-state index contributed by atoms with van der Waals surface area (Å²) in [6.45, 7) is 4.13. The Kier molecular flexibility index (Phi) is 3.60. The average Bonchev–Trinajstić information content (AvgIpc) is 2.88. The van der Waals surface area contributed by atoms with Crippen LogP contribution in [-0.2, 0) is 11.2 Å². The number of nitrogens with zero attached hydrogens (tertiary/aromatic N) is 1. The molecule has 0 bridgehead atoms. The number of carbonyl (C=O) groups excluding carboxylic acids is 1. The van der Waals surface area contributed by atoms with E-state index < -0.39 is 0 Å². The van der Waals surface area contributed by atoms with Crippen LogP contribution in [0, 0.1) is 6.92 Å². The van der Waals surface area contributed by atoms with Crippen LogP contribution < -0.4 is 10.1 Å². The molecule has 1 aromatic carbocycles. The van der Waals surface area contributed by atoms with Crippen molar-refractivity contribution in [2.24, 2.45) is 0 Å². The highest BCUT2D eigenvalue weighted by atomic mass is 16.5. The zero-order valence-corrected chi connectivity index (χ0v) is 12.2. The van der Waals surface area contributed by atoms with Gasteiger partial charge in [-0.1, -0.05) is 12.1 Å². The molecule has 1 atom stereocenters. The zero-order chi connectivity index (χ0) is 14.8. The van der Waals surface area contributed by atoms with Crippen molar-refractivity contribution in [3.05, 3.63) is 47.7 Å². The molecule has 0 radical (unpaired) electrons. The lowest BCUT2D eigenvalue weighted by molar-refractivity contribution is -0.119. The molecule has 0 saturated carbocycles. The molecule has 1 aliphatic heterocycles. The highest BCUT2D eigenvalue weighted by Crippen LogP contribution is 2.38. The highest BCUT2D eigenvalue weighted by Gasteiger charge is 2.26. The number of pyridine rings is 1. The van der Waals surface area contributed by atoms with Crippen LogP contribution in [0.5, 0.6) is 5.75 Å². The molecule has 1 unspecified atom stereocenters. The van der Waals surface area contributed by atoms with Crippen LogP contribution in [0.25, 0.3) is 11.3 Å². The van der Waals surface area contributed by atoms with Gasteiger partial charge in [0.1, 0.15) is 11.9 Å². The molecule has 1 aromatic heterocycles. The molecule has 3 rings (SSSR count). The number of benzene rings is 1. The second-order valence-electron chi connectivity index (χ2n) is 5.40. The second-order valence-corrected chi connectivity index (χ2v) is 5.40. The number of ether oxygens (including phenoxy) is 1. The Morgan fingerprint density at radius 3 is 3.00 bits per heavy atom. The summed E-state index contributed by atoms with van der Waals surface area (Å²) in [5.74, 6) is 0.866. The van der Waals surface area contributed by atoms with E-state index in [1.165, 1.54) is 18.1 Å². The maximum absolute atomic E-state index is 11.0. The van der Waals surface area contributed by atoms with E-state index in [1.54, 1.807) is 6.20 Å². The number of hydrogen-bond donors (Lipinski definition) is 1. The molecule has 0 saturated heterocycles. The van der Waals surface area contributed by atoms with E-state index in [9.17, 15) is 4.79 Å². The topological polar surface area (TPSA) is 51.2 Å². The molecule has 1 amide bonds. The number of hydrogen-bond acceptors (Lipinski definition) is 3. The number of nitrogens with one attached hydrogen (secondary N) is 1. The van der Waals surface area contributed by atoms with Crippen molar-refractivity contribution in [3.63, 3.8) is 0 Å². The standard InChI is InChI=1S/C17H18N2O2/c1-11-7-13-9-14(10-19-12(2)20)21-17(13)15(8-11)16-5-3-4-6-18-16/h3-8,14H,9-10H2,1-2H3,(H,19,20). The molecule has 108 valence electrons. The third-order valence-corrected chi connectivity index (χ3v) is 3.56. The summed E-state index contributed by atoms with van der Waals surface area (Å²) in [7, 11) is 0. The number of aryl methyl sites for hydroxylation is 1. The largest absolute Gasteiger partial charge is 0.487 e. The monoisotopic (exact) mass is 282 g/mol. The van der Waals surface area contributed by atoms with Crippen molar-refractivity contribution in [2.75, 3.05) is 6.54 Å². The maximum atomic E-state index is 11.0. The van der Waals surface area contributed by atoms with Crippen LogP contribution in [0.1, 0.15) is 18.1 Å². The Hall–Kier alpha value is -2.36. The number of amides is 1. The van der Waals surface area contributed by atoms with Crippen LogP contribution in [0.2, 0.25) is 0 Å². The number of rotatable bonds is 3. The van der Waals surface area contributed by atoms with Crippen molar-refractivity contribution >= 4 is 5.91 Å². The van der Waals surface area contributed by atoms with Gasteiger partial charge in [0.25, 0.3) is 0 Å². The minimum absolute atomic E-state index is 0.00633. The van der Waals surface area contributed by atoms with Crippen molar-refractivity contribution < 1.29 is 9.53 Å². The van der Waals surface area contributed by atoms with Crippen LogP contribution in [0.4, 0.5) is 0 Å². The minimum Gasteiger partial charge on any atom is -0.487 e. The van der Waals surface area contributed by atoms with Crippen molar-refractivity contribution in [1.29, 1.82) is 0 Å². The van der Waals surface area contributed by atoms with E-state index in [4.69, 9.17) is 4.74 Å². The molecule has 4 heteroatoms. The summed E-state index contributed by atoms with van der Waals surface area (Å²) in [6.07, 6.45) is 2.60. The number of carbonyl (C=O) groups is 1. The van der Waals surface area contributed by atoms with E-state index in [2.05, 4.69) is 29.4 Å². The van der Waals surface area contributed by atoms with Gasteiger partial charge in [0.05, 0.1) is 12.2 Å². The molecule has 1 aliphatic rings. The van der Waals surface area contributed by atoms with E-state index in [1.807, 2.05) is 18.2 Å². The van der Waals surface area contributed by atoms with E-state index in [0.29, 0.717) is 6.54 Å². The predicted octanol–water partition coefficient (Wildman–Crippen LogP) is 2.50. The van der Waals surface area contributed by atoms with Crippen LogP contribution in [-0.4, -0.2) is 23.5 Å². The Labute approximate surface area is 124 Å². The fraction of sp³-hybridized carbons (Fsp3) is 0.294. The molecule has 1 N–H and O–H groups in total. The lowest BCUT2D eigenvalue weighted by Gasteiger charge is -2.13. The molecule has 21 heavy (non-hydrogen) atoms. The van der Waals surface area contributed by atoms with Gasteiger partial charge in [-0.05, 0) is 36.2 Å².